The van der Waals surface area contributed by atoms with Crippen molar-refractivity contribution in [1.29, 1.82) is 0 Å². The quantitative estimate of drug-likeness (QED) is 0.602. The fraction of sp³-hybridized carbons (Fsp3) is 0.167. The normalized spacial score (nSPS) is 10.2. The molecule has 0 heterocycles. The van der Waals surface area contributed by atoms with Gasteiger partial charge in [-0.25, -0.2) is 4.39 Å². The third-order valence-corrected chi connectivity index (χ3v) is 3.43. The van der Waals surface area contributed by atoms with Crippen LogP contribution in [0, 0.1) is 5.82 Å². The molecule has 0 unspecified atom stereocenters. The van der Waals surface area contributed by atoms with E-state index in [1.807, 2.05) is 0 Å². The summed E-state index contributed by atoms with van der Waals surface area (Å²) in [5.74, 6) is -1.93. The summed E-state index contributed by atoms with van der Waals surface area (Å²) < 4.78 is 17.6. The molecule has 130 valence electrons. The Labute approximate surface area is 148 Å². The SMILES string of the molecule is O=C(COC(=O)CCC(=O)c1ccc(F)cc1)Nc1cccc(Cl)c1. The maximum atomic E-state index is 12.8. The lowest BCUT2D eigenvalue weighted by Crippen LogP contribution is -2.21. The van der Waals surface area contributed by atoms with Crippen molar-refractivity contribution in [2.24, 2.45) is 0 Å². The van der Waals surface area contributed by atoms with E-state index in [1.165, 1.54) is 24.3 Å². The van der Waals surface area contributed by atoms with Gasteiger partial charge in [0.1, 0.15) is 5.82 Å². The monoisotopic (exact) mass is 363 g/mol. The minimum Gasteiger partial charge on any atom is -0.456 e. The molecule has 7 heteroatoms. The number of carbonyl (C=O) groups excluding carboxylic acids is 3. The standard InChI is InChI=1S/C18H15ClFNO4/c19-13-2-1-3-15(10-13)21-17(23)11-25-18(24)9-8-16(22)12-4-6-14(20)7-5-12/h1-7,10H,8-9,11H2,(H,21,23). The Bertz CT molecular complexity index is 777. The Hall–Kier alpha value is -2.73. The Morgan fingerprint density at radius 3 is 2.44 bits per heavy atom. The number of rotatable bonds is 7. The molecule has 0 aliphatic heterocycles. The van der Waals surface area contributed by atoms with Gasteiger partial charge in [0.25, 0.3) is 5.91 Å². The van der Waals surface area contributed by atoms with Gasteiger partial charge in [-0.15, -0.1) is 0 Å². The number of Topliss-reactive ketones (excluding diaryl/α,β-unsaturated/α-hetero) is 1. The summed E-state index contributed by atoms with van der Waals surface area (Å²) in [6, 6.07) is 11.6. The van der Waals surface area contributed by atoms with Crippen LogP contribution in [0.4, 0.5) is 10.1 Å². The first-order valence-corrected chi connectivity index (χ1v) is 7.81. The molecule has 0 radical (unpaired) electrons. The molecule has 0 spiro atoms. The number of hydrogen-bond donors (Lipinski definition) is 1. The summed E-state index contributed by atoms with van der Waals surface area (Å²) in [6.45, 7) is -0.462. The fourth-order valence-corrected chi connectivity index (χ4v) is 2.17. The third kappa shape index (κ3) is 6.35. The average Bonchev–Trinajstić information content (AvgIpc) is 2.58. The lowest BCUT2D eigenvalue weighted by Gasteiger charge is -2.07. The Kier molecular flexibility index (Phi) is 6.65. The van der Waals surface area contributed by atoms with Crippen molar-refractivity contribution < 1.29 is 23.5 Å². The molecule has 5 nitrogen and oxygen atoms in total. The molecule has 0 aromatic heterocycles. The van der Waals surface area contributed by atoms with Gasteiger partial charge in [-0.2, -0.15) is 0 Å². The highest BCUT2D eigenvalue weighted by atomic mass is 35.5. The summed E-state index contributed by atoms with van der Waals surface area (Å²) >= 11 is 5.80. The van der Waals surface area contributed by atoms with E-state index in [4.69, 9.17) is 16.3 Å². The molecule has 2 aromatic rings. The van der Waals surface area contributed by atoms with Crippen LogP contribution in [0.3, 0.4) is 0 Å². The zero-order chi connectivity index (χ0) is 18.2. The van der Waals surface area contributed by atoms with Gasteiger partial charge in [0.2, 0.25) is 0 Å². The summed E-state index contributed by atoms with van der Waals surface area (Å²) in [5.41, 5.74) is 0.799. The van der Waals surface area contributed by atoms with Gasteiger partial charge in [0.05, 0.1) is 6.42 Å². The Balaban J connectivity index is 1.72. The van der Waals surface area contributed by atoms with Crippen molar-refractivity contribution in [3.63, 3.8) is 0 Å². The van der Waals surface area contributed by atoms with E-state index < -0.39 is 24.3 Å². The smallest absolute Gasteiger partial charge is 0.306 e. The predicted molar refractivity (Wildman–Crippen MR) is 91.0 cm³/mol. The molecule has 1 N–H and O–H groups in total. The minimum absolute atomic E-state index is 0.0830. The first-order chi connectivity index (χ1) is 11.9. The van der Waals surface area contributed by atoms with Crippen molar-refractivity contribution in [3.8, 4) is 0 Å². The van der Waals surface area contributed by atoms with E-state index in [0.29, 0.717) is 16.3 Å². The van der Waals surface area contributed by atoms with E-state index in [2.05, 4.69) is 5.32 Å². The summed E-state index contributed by atoms with van der Waals surface area (Å²) in [5, 5.41) is 3.00. The number of halogens is 2. The van der Waals surface area contributed by atoms with Gasteiger partial charge in [0.15, 0.2) is 12.4 Å². The van der Waals surface area contributed by atoms with E-state index in [-0.39, 0.29) is 18.6 Å². The molecule has 0 atom stereocenters. The maximum absolute atomic E-state index is 12.8. The number of ether oxygens (including phenoxy) is 1. The molecule has 0 aliphatic carbocycles. The van der Waals surface area contributed by atoms with Gasteiger partial charge in [0, 0.05) is 22.7 Å². The van der Waals surface area contributed by atoms with Crippen LogP contribution < -0.4 is 5.32 Å². The molecule has 2 aromatic carbocycles. The molecule has 1 amide bonds. The number of nitrogens with one attached hydrogen (secondary N) is 1. The maximum Gasteiger partial charge on any atom is 0.306 e. The van der Waals surface area contributed by atoms with Crippen molar-refractivity contribution in [3.05, 3.63) is 64.9 Å². The number of carbonyl (C=O) groups is 3. The van der Waals surface area contributed by atoms with Crippen LogP contribution in [-0.4, -0.2) is 24.3 Å². The molecule has 0 aliphatic rings. The van der Waals surface area contributed by atoms with Gasteiger partial charge >= 0.3 is 5.97 Å². The zero-order valence-electron chi connectivity index (χ0n) is 13.1. The fourth-order valence-electron chi connectivity index (χ4n) is 1.98. The predicted octanol–water partition coefficient (Wildman–Crippen LogP) is 3.62. The van der Waals surface area contributed by atoms with Gasteiger partial charge < -0.3 is 10.1 Å². The molecular weight excluding hydrogens is 349 g/mol. The molecule has 0 saturated heterocycles. The highest BCUT2D eigenvalue weighted by Gasteiger charge is 2.12. The van der Waals surface area contributed by atoms with E-state index in [1.54, 1.807) is 24.3 Å². The van der Waals surface area contributed by atoms with Crippen molar-refractivity contribution in [2.45, 2.75) is 12.8 Å². The largest absolute Gasteiger partial charge is 0.456 e. The minimum atomic E-state index is -0.670. The van der Waals surface area contributed by atoms with E-state index in [0.717, 1.165) is 0 Å². The van der Waals surface area contributed by atoms with Crippen molar-refractivity contribution in [1.82, 2.24) is 0 Å². The van der Waals surface area contributed by atoms with Gasteiger partial charge in [-0.05, 0) is 42.5 Å². The Morgan fingerprint density at radius 1 is 1.04 bits per heavy atom. The van der Waals surface area contributed by atoms with E-state index >= 15 is 0 Å². The first kappa shape index (κ1) is 18.6. The molecule has 0 saturated carbocycles. The third-order valence-electron chi connectivity index (χ3n) is 3.20. The van der Waals surface area contributed by atoms with Crippen LogP contribution in [0.25, 0.3) is 0 Å². The topological polar surface area (TPSA) is 72.5 Å². The molecule has 2 rings (SSSR count). The summed E-state index contributed by atoms with van der Waals surface area (Å²) in [4.78, 5) is 35.1. The molecule has 25 heavy (non-hydrogen) atoms. The summed E-state index contributed by atoms with van der Waals surface area (Å²) in [7, 11) is 0. The molecular formula is C18H15ClFNO4. The van der Waals surface area contributed by atoms with E-state index in [9.17, 15) is 18.8 Å². The number of benzene rings is 2. The highest BCUT2D eigenvalue weighted by molar-refractivity contribution is 6.30. The van der Waals surface area contributed by atoms with Crippen LogP contribution in [0.1, 0.15) is 23.2 Å². The van der Waals surface area contributed by atoms with Crippen LogP contribution in [0.5, 0.6) is 0 Å². The second kappa shape index (κ2) is 8.94. The highest BCUT2D eigenvalue weighted by Crippen LogP contribution is 2.14. The second-order valence-electron chi connectivity index (χ2n) is 5.15. The number of ketones is 1. The second-order valence-corrected chi connectivity index (χ2v) is 5.59. The van der Waals surface area contributed by atoms with Crippen LogP contribution in [-0.2, 0) is 14.3 Å². The first-order valence-electron chi connectivity index (χ1n) is 7.44. The number of anilines is 1. The molecule has 0 fully saturated rings. The van der Waals surface area contributed by atoms with Crippen LogP contribution in [0.2, 0.25) is 5.02 Å². The van der Waals surface area contributed by atoms with Gasteiger partial charge in [-0.1, -0.05) is 17.7 Å². The number of esters is 1. The molecule has 0 bridgehead atoms. The van der Waals surface area contributed by atoms with Crippen molar-refractivity contribution in [2.75, 3.05) is 11.9 Å². The summed E-state index contributed by atoms with van der Waals surface area (Å²) in [6.07, 6.45) is -0.249. The van der Waals surface area contributed by atoms with Gasteiger partial charge in [-0.3, -0.25) is 14.4 Å². The Morgan fingerprint density at radius 2 is 1.76 bits per heavy atom. The van der Waals surface area contributed by atoms with Crippen molar-refractivity contribution >= 4 is 34.9 Å². The lowest BCUT2D eigenvalue weighted by atomic mass is 10.1. The zero-order valence-corrected chi connectivity index (χ0v) is 13.9. The lowest BCUT2D eigenvalue weighted by molar-refractivity contribution is -0.147. The number of amides is 1. The van der Waals surface area contributed by atoms with Crippen LogP contribution in [0.15, 0.2) is 48.5 Å². The average molecular weight is 364 g/mol. The number of hydrogen-bond acceptors (Lipinski definition) is 4. The van der Waals surface area contributed by atoms with Crippen LogP contribution >= 0.6 is 11.6 Å².